The summed E-state index contributed by atoms with van der Waals surface area (Å²) in [6.45, 7) is 18.4. The van der Waals surface area contributed by atoms with Gasteiger partial charge in [0.05, 0.1) is 11.4 Å². The SMILES string of the molecule is CC(C12CCC(CC1O[Si](C)(C)C(C)(C)C)C2(C)C)S(=O)(=O)N(C1CCCCC1)C1CCCCC1. The number of fused-ring (bicyclic) bond motifs is 2. The highest BCUT2D eigenvalue weighted by Crippen LogP contribution is 2.69. The van der Waals surface area contributed by atoms with Gasteiger partial charge < -0.3 is 4.43 Å². The van der Waals surface area contributed by atoms with Crippen molar-refractivity contribution in [2.75, 3.05) is 0 Å². The lowest BCUT2D eigenvalue weighted by Gasteiger charge is -2.52. The monoisotopic (exact) mass is 525 g/mol. The van der Waals surface area contributed by atoms with Crippen LogP contribution >= 0.6 is 0 Å². The van der Waals surface area contributed by atoms with Crippen LogP contribution in [0.5, 0.6) is 0 Å². The molecule has 0 spiro atoms. The average Bonchev–Trinajstić information content (AvgIpc) is 3.15. The van der Waals surface area contributed by atoms with E-state index in [-0.39, 0.29) is 34.1 Å². The quantitative estimate of drug-likeness (QED) is 0.317. The third-order valence-corrected chi connectivity index (χ3v) is 18.8. The smallest absolute Gasteiger partial charge is 0.217 e. The van der Waals surface area contributed by atoms with Gasteiger partial charge in [0.2, 0.25) is 10.0 Å². The second kappa shape index (κ2) is 9.68. The predicted molar refractivity (Wildman–Crippen MR) is 150 cm³/mol. The molecule has 2 bridgehead atoms. The Bertz CT molecular complexity index is 834. The van der Waals surface area contributed by atoms with Crippen molar-refractivity contribution < 1.29 is 12.8 Å². The highest BCUT2D eigenvalue weighted by Gasteiger charge is 2.70. The van der Waals surface area contributed by atoms with Crippen LogP contribution in [0.1, 0.15) is 125 Å². The van der Waals surface area contributed by atoms with Crippen LogP contribution in [0.4, 0.5) is 0 Å². The van der Waals surface area contributed by atoms with Crippen molar-refractivity contribution in [2.24, 2.45) is 16.7 Å². The van der Waals surface area contributed by atoms with Gasteiger partial charge in [-0.2, -0.15) is 4.31 Å². The van der Waals surface area contributed by atoms with E-state index >= 15 is 0 Å². The van der Waals surface area contributed by atoms with E-state index in [0.29, 0.717) is 5.92 Å². The number of rotatable bonds is 7. The summed E-state index contributed by atoms with van der Waals surface area (Å²) in [6.07, 6.45) is 14.6. The first-order valence-corrected chi connectivity index (χ1v) is 19.3. The first-order chi connectivity index (χ1) is 16.2. The van der Waals surface area contributed by atoms with Gasteiger partial charge in [0.25, 0.3) is 0 Å². The van der Waals surface area contributed by atoms with E-state index in [1.807, 2.05) is 0 Å². The molecule has 4 atom stereocenters. The largest absolute Gasteiger partial charge is 0.413 e. The van der Waals surface area contributed by atoms with Crippen LogP contribution in [-0.2, 0) is 14.4 Å². The standard InChI is InChI=1S/C29H55NO3SSi/c1-22(34(31,32)30(24-15-11-9-12-16-24)25-17-13-10-14-18-25)29-20-19-23(28(29,5)6)21-26(29)33-35(7,8)27(2,3)4/h22-26H,9-21H2,1-8H3. The molecule has 4 unspecified atom stereocenters. The topological polar surface area (TPSA) is 46.6 Å². The minimum absolute atomic E-state index is 0.0166. The van der Waals surface area contributed by atoms with Gasteiger partial charge in [0.1, 0.15) is 0 Å². The van der Waals surface area contributed by atoms with Crippen LogP contribution in [0.25, 0.3) is 0 Å². The van der Waals surface area contributed by atoms with Crippen LogP contribution in [0, 0.1) is 16.7 Å². The summed E-state index contributed by atoms with van der Waals surface area (Å²) in [5, 5.41) is -0.269. The van der Waals surface area contributed by atoms with Gasteiger partial charge in [0.15, 0.2) is 8.32 Å². The molecule has 0 radical (unpaired) electrons. The molecule has 0 amide bonds. The molecule has 0 aromatic rings. The van der Waals surface area contributed by atoms with E-state index in [0.717, 1.165) is 44.9 Å². The van der Waals surface area contributed by atoms with Crippen LogP contribution in [0.15, 0.2) is 0 Å². The number of nitrogens with zero attached hydrogens (tertiary/aromatic N) is 1. The Kier molecular flexibility index (Phi) is 7.77. The summed E-state index contributed by atoms with van der Waals surface area (Å²) in [6, 6.07) is 0.411. The second-order valence-corrected chi connectivity index (χ2v) is 21.6. The van der Waals surface area contributed by atoms with E-state index in [1.165, 1.54) is 38.5 Å². The van der Waals surface area contributed by atoms with Crippen LogP contribution in [0.2, 0.25) is 18.1 Å². The van der Waals surface area contributed by atoms with Gasteiger partial charge in [-0.15, -0.1) is 0 Å². The first-order valence-electron chi connectivity index (χ1n) is 14.9. The average molecular weight is 526 g/mol. The fourth-order valence-corrected chi connectivity index (χ4v) is 12.5. The van der Waals surface area contributed by atoms with E-state index in [2.05, 4.69) is 58.9 Å². The molecule has 0 aromatic carbocycles. The highest BCUT2D eigenvalue weighted by molar-refractivity contribution is 7.89. The van der Waals surface area contributed by atoms with Gasteiger partial charge >= 0.3 is 0 Å². The number of sulfonamides is 1. The third-order valence-electron chi connectivity index (χ3n) is 11.8. The van der Waals surface area contributed by atoms with Gasteiger partial charge in [-0.3, -0.25) is 0 Å². The lowest BCUT2D eigenvalue weighted by Crippen LogP contribution is -2.60. The molecule has 4 aliphatic rings. The van der Waals surface area contributed by atoms with Gasteiger partial charge in [-0.25, -0.2) is 8.42 Å². The summed E-state index contributed by atoms with van der Waals surface area (Å²) in [7, 11) is -5.48. The molecular weight excluding hydrogens is 470 g/mol. The Balaban J connectivity index is 1.73. The summed E-state index contributed by atoms with van der Waals surface area (Å²) >= 11 is 0. The zero-order chi connectivity index (χ0) is 25.9. The van der Waals surface area contributed by atoms with Crippen molar-refractivity contribution in [3.8, 4) is 0 Å². The molecule has 4 fully saturated rings. The van der Waals surface area contributed by atoms with Crippen LogP contribution in [0.3, 0.4) is 0 Å². The van der Waals surface area contributed by atoms with Gasteiger partial charge in [-0.05, 0) is 81.3 Å². The molecule has 0 heterocycles. The van der Waals surface area contributed by atoms with Crippen molar-refractivity contribution in [3.05, 3.63) is 0 Å². The minimum atomic E-state index is -3.45. The summed E-state index contributed by atoms with van der Waals surface area (Å²) in [4.78, 5) is 0. The van der Waals surface area contributed by atoms with E-state index in [9.17, 15) is 8.42 Å². The number of hydrogen-bond acceptors (Lipinski definition) is 3. The molecule has 204 valence electrons. The molecule has 0 N–H and O–H groups in total. The predicted octanol–water partition coefficient (Wildman–Crippen LogP) is 7.89. The maximum absolute atomic E-state index is 14.9. The molecular formula is C29H55NO3SSi. The molecule has 4 nitrogen and oxygen atoms in total. The molecule has 4 saturated carbocycles. The van der Waals surface area contributed by atoms with E-state index in [1.54, 1.807) is 0 Å². The molecule has 0 aliphatic heterocycles. The Morgan fingerprint density at radius 3 is 1.80 bits per heavy atom. The van der Waals surface area contributed by atoms with Crippen molar-refractivity contribution in [1.82, 2.24) is 4.31 Å². The Morgan fingerprint density at radius 2 is 1.37 bits per heavy atom. The Labute approximate surface area is 218 Å². The highest BCUT2D eigenvalue weighted by atomic mass is 32.2. The van der Waals surface area contributed by atoms with Gasteiger partial charge in [0, 0.05) is 17.5 Å². The van der Waals surface area contributed by atoms with Crippen molar-refractivity contribution >= 4 is 18.3 Å². The van der Waals surface area contributed by atoms with Crippen molar-refractivity contribution in [3.63, 3.8) is 0 Å². The van der Waals surface area contributed by atoms with Crippen molar-refractivity contribution in [2.45, 2.75) is 167 Å². The maximum atomic E-state index is 14.9. The lowest BCUT2D eigenvalue weighted by molar-refractivity contribution is 0.00219. The third kappa shape index (κ3) is 4.63. The maximum Gasteiger partial charge on any atom is 0.217 e. The van der Waals surface area contributed by atoms with Crippen LogP contribution in [-0.4, -0.2) is 44.5 Å². The second-order valence-electron chi connectivity index (χ2n) is 14.7. The Hall–Kier alpha value is 0.0869. The number of hydrogen-bond donors (Lipinski definition) is 0. The molecule has 6 heteroatoms. The van der Waals surface area contributed by atoms with E-state index < -0.39 is 23.6 Å². The molecule has 0 aromatic heterocycles. The molecule has 35 heavy (non-hydrogen) atoms. The van der Waals surface area contributed by atoms with E-state index in [4.69, 9.17) is 4.43 Å². The van der Waals surface area contributed by atoms with Crippen LogP contribution < -0.4 is 0 Å². The van der Waals surface area contributed by atoms with Gasteiger partial charge in [-0.1, -0.05) is 73.1 Å². The Morgan fingerprint density at radius 1 is 0.886 bits per heavy atom. The molecule has 4 aliphatic carbocycles. The first kappa shape index (κ1) is 28.1. The summed E-state index contributed by atoms with van der Waals surface area (Å²) in [5.41, 5.74) is -0.315. The minimum Gasteiger partial charge on any atom is -0.413 e. The molecule has 0 saturated heterocycles. The zero-order valence-corrected chi connectivity index (χ0v) is 26.0. The van der Waals surface area contributed by atoms with Crippen molar-refractivity contribution in [1.29, 1.82) is 0 Å². The zero-order valence-electron chi connectivity index (χ0n) is 24.2. The molecule has 4 rings (SSSR count). The lowest BCUT2D eigenvalue weighted by atomic mass is 9.66. The fourth-order valence-electron chi connectivity index (χ4n) is 8.44. The normalized spacial score (nSPS) is 34.0. The summed E-state index contributed by atoms with van der Waals surface area (Å²) < 4.78 is 39.1. The summed E-state index contributed by atoms with van der Waals surface area (Å²) in [5.74, 6) is 0.563. The fraction of sp³-hybridized carbons (Fsp3) is 1.00.